The highest BCUT2D eigenvalue weighted by molar-refractivity contribution is 5.79. The lowest BCUT2D eigenvalue weighted by Gasteiger charge is -2.35. The maximum atomic E-state index is 9.32. The molecule has 1 aromatic carbocycles. The Morgan fingerprint density at radius 1 is 1.05 bits per heavy atom. The van der Waals surface area contributed by atoms with E-state index in [4.69, 9.17) is 4.99 Å². The van der Waals surface area contributed by atoms with Crippen LogP contribution >= 0.6 is 0 Å². The van der Waals surface area contributed by atoms with E-state index in [1.54, 1.807) is 12.1 Å². The van der Waals surface area contributed by atoms with Crippen LogP contribution in [0.1, 0.15) is 43.4 Å². The van der Waals surface area contributed by atoms with Crippen LogP contribution in [0.3, 0.4) is 0 Å². The molecule has 1 fully saturated rings. The summed E-state index contributed by atoms with van der Waals surface area (Å²) in [4.78, 5) is 9.30. The molecule has 0 atom stereocenters. The van der Waals surface area contributed by atoms with Gasteiger partial charge >= 0.3 is 0 Å². The predicted octanol–water partition coefficient (Wildman–Crippen LogP) is 4.11. The van der Waals surface area contributed by atoms with Gasteiger partial charge in [0.2, 0.25) is 0 Å². The van der Waals surface area contributed by atoms with E-state index in [1.165, 1.54) is 25.0 Å². The van der Waals surface area contributed by atoms with Gasteiger partial charge in [0.1, 0.15) is 5.75 Å². The van der Waals surface area contributed by atoms with Crippen LogP contribution in [-0.4, -0.2) is 22.8 Å². The number of aromatic hydroxyl groups is 1. The average Bonchev–Trinajstić information content (AvgIpc) is 2.58. The number of phenolic OH excluding ortho intramolecular Hbond substituents is 1. The van der Waals surface area contributed by atoms with E-state index in [0.717, 1.165) is 24.9 Å². The first-order valence-corrected chi connectivity index (χ1v) is 7.99. The van der Waals surface area contributed by atoms with Crippen molar-refractivity contribution in [2.45, 2.75) is 37.5 Å². The molecular weight excluding hydrogens is 272 g/mol. The summed E-state index contributed by atoms with van der Waals surface area (Å²) < 4.78 is 0. The molecule has 1 aliphatic rings. The largest absolute Gasteiger partial charge is 0.508 e. The van der Waals surface area contributed by atoms with Crippen molar-refractivity contribution in [2.75, 3.05) is 6.54 Å². The molecule has 0 spiro atoms. The maximum absolute atomic E-state index is 9.32. The van der Waals surface area contributed by atoms with Gasteiger partial charge in [-0.15, -0.1) is 0 Å². The van der Waals surface area contributed by atoms with Gasteiger partial charge in [0.05, 0.1) is 6.54 Å². The average molecular weight is 294 g/mol. The molecule has 1 aliphatic carbocycles. The molecule has 114 valence electrons. The van der Waals surface area contributed by atoms with Gasteiger partial charge in [-0.05, 0) is 54.8 Å². The Morgan fingerprint density at radius 2 is 1.82 bits per heavy atom. The van der Waals surface area contributed by atoms with Crippen molar-refractivity contribution in [1.29, 1.82) is 0 Å². The van der Waals surface area contributed by atoms with E-state index >= 15 is 0 Å². The molecule has 2 aromatic rings. The molecule has 0 radical (unpaired) electrons. The van der Waals surface area contributed by atoms with Crippen molar-refractivity contribution in [3.05, 3.63) is 59.9 Å². The molecule has 22 heavy (non-hydrogen) atoms. The van der Waals surface area contributed by atoms with E-state index in [1.807, 2.05) is 30.6 Å². The van der Waals surface area contributed by atoms with Crippen LogP contribution in [0.4, 0.5) is 0 Å². The molecule has 1 saturated carbocycles. The summed E-state index contributed by atoms with van der Waals surface area (Å²) in [7, 11) is 0. The van der Waals surface area contributed by atoms with Crippen molar-refractivity contribution in [3.8, 4) is 5.75 Å². The highest BCUT2D eigenvalue weighted by Gasteiger charge is 2.34. The second-order valence-corrected chi connectivity index (χ2v) is 6.12. The van der Waals surface area contributed by atoms with Gasteiger partial charge in [-0.25, -0.2) is 0 Å². The molecule has 0 unspecified atom stereocenters. The Balaban J connectivity index is 1.77. The lowest BCUT2D eigenvalue weighted by atomic mass is 9.71. The summed E-state index contributed by atoms with van der Waals surface area (Å²) in [6.07, 6.45) is 9.94. The van der Waals surface area contributed by atoms with Crippen molar-refractivity contribution < 1.29 is 5.11 Å². The number of hydrogen-bond acceptors (Lipinski definition) is 3. The Kier molecular flexibility index (Phi) is 4.52. The van der Waals surface area contributed by atoms with E-state index in [9.17, 15) is 5.11 Å². The number of hydrogen-bond donors (Lipinski definition) is 1. The Morgan fingerprint density at radius 3 is 2.50 bits per heavy atom. The van der Waals surface area contributed by atoms with Gasteiger partial charge in [-0.1, -0.05) is 25.3 Å². The molecule has 1 heterocycles. The van der Waals surface area contributed by atoms with Gasteiger partial charge in [0.25, 0.3) is 0 Å². The van der Waals surface area contributed by atoms with E-state index < -0.39 is 0 Å². The van der Waals surface area contributed by atoms with Gasteiger partial charge in [0.15, 0.2) is 0 Å². The van der Waals surface area contributed by atoms with Crippen molar-refractivity contribution in [3.63, 3.8) is 0 Å². The maximum Gasteiger partial charge on any atom is 0.115 e. The molecule has 0 amide bonds. The molecule has 0 aliphatic heterocycles. The first-order valence-electron chi connectivity index (χ1n) is 7.99. The minimum Gasteiger partial charge on any atom is -0.508 e. The lowest BCUT2D eigenvalue weighted by molar-refractivity contribution is 0.295. The monoisotopic (exact) mass is 294 g/mol. The molecule has 1 N–H and O–H groups in total. The highest BCUT2D eigenvalue weighted by Crippen LogP contribution is 2.38. The van der Waals surface area contributed by atoms with Crippen LogP contribution in [0.5, 0.6) is 5.75 Å². The number of pyridine rings is 1. The van der Waals surface area contributed by atoms with Gasteiger partial charge in [-0.3, -0.25) is 9.98 Å². The smallest absolute Gasteiger partial charge is 0.115 e. The summed E-state index contributed by atoms with van der Waals surface area (Å²) in [6, 6.07) is 13.3. The zero-order chi connectivity index (χ0) is 15.3. The van der Waals surface area contributed by atoms with Crippen LogP contribution < -0.4 is 0 Å². The fraction of sp³-hybridized carbons (Fsp3) is 0.368. The number of aliphatic imine (C=N–C) groups is 1. The van der Waals surface area contributed by atoms with Crippen LogP contribution in [-0.2, 0) is 5.41 Å². The minimum absolute atomic E-state index is 0.0902. The quantitative estimate of drug-likeness (QED) is 0.863. The molecule has 3 heteroatoms. The normalized spacial score (nSPS) is 17.6. The summed E-state index contributed by atoms with van der Waals surface area (Å²) in [6.45, 7) is 0.783. The Labute approximate surface area is 131 Å². The summed E-state index contributed by atoms with van der Waals surface area (Å²) in [5.41, 5.74) is 2.29. The summed E-state index contributed by atoms with van der Waals surface area (Å²) in [5.74, 6) is 0.286. The minimum atomic E-state index is 0.0902. The molecule has 3 rings (SSSR count). The number of nitrogens with zero attached hydrogens (tertiary/aromatic N) is 2. The van der Waals surface area contributed by atoms with Gasteiger partial charge in [0, 0.05) is 23.5 Å². The topological polar surface area (TPSA) is 45.5 Å². The van der Waals surface area contributed by atoms with Crippen LogP contribution in [0.2, 0.25) is 0 Å². The second-order valence-electron chi connectivity index (χ2n) is 6.12. The third-order valence-corrected chi connectivity index (χ3v) is 4.55. The summed E-state index contributed by atoms with van der Waals surface area (Å²) >= 11 is 0. The summed E-state index contributed by atoms with van der Waals surface area (Å²) in [5, 5.41) is 9.32. The Bertz CT molecular complexity index is 614. The van der Waals surface area contributed by atoms with E-state index in [0.29, 0.717) is 0 Å². The first-order chi connectivity index (χ1) is 10.8. The van der Waals surface area contributed by atoms with Crippen molar-refractivity contribution in [2.24, 2.45) is 4.99 Å². The molecule has 3 nitrogen and oxygen atoms in total. The standard InChI is InChI=1S/C19H22N2O/c22-17-9-7-16(8-10-17)14-20-15-19(11-3-1-4-12-19)18-6-2-5-13-21-18/h2,5-10,13-14,22H,1,3-4,11-12,15H2/b20-14+. The fourth-order valence-electron chi connectivity index (χ4n) is 3.29. The highest BCUT2D eigenvalue weighted by atomic mass is 16.3. The second kappa shape index (κ2) is 6.73. The van der Waals surface area contributed by atoms with E-state index in [-0.39, 0.29) is 11.2 Å². The Hall–Kier alpha value is -2.16. The van der Waals surface area contributed by atoms with Gasteiger partial charge in [-0.2, -0.15) is 0 Å². The molecule has 0 bridgehead atoms. The fourth-order valence-corrected chi connectivity index (χ4v) is 3.29. The van der Waals surface area contributed by atoms with Crippen molar-refractivity contribution >= 4 is 6.21 Å². The van der Waals surface area contributed by atoms with Crippen LogP contribution in [0.15, 0.2) is 53.7 Å². The number of phenols is 1. The molecule has 0 saturated heterocycles. The van der Waals surface area contributed by atoms with Crippen LogP contribution in [0.25, 0.3) is 0 Å². The van der Waals surface area contributed by atoms with Gasteiger partial charge < -0.3 is 5.11 Å². The van der Waals surface area contributed by atoms with E-state index in [2.05, 4.69) is 17.1 Å². The predicted molar refractivity (Wildman–Crippen MR) is 89.6 cm³/mol. The molecular formula is C19H22N2O. The zero-order valence-corrected chi connectivity index (χ0v) is 12.8. The first kappa shape index (κ1) is 14.8. The third kappa shape index (κ3) is 3.35. The third-order valence-electron chi connectivity index (χ3n) is 4.55. The molecule has 1 aromatic heterocycles. The number of rotatable bonds is 4. The zero-order valence-electron chi connectivity index (χ0n) is 12.8. The van der Waals surface area contributed by atoms with Crippen molar-refractivity contribution in [1.82, 2.24) is 4.98 Å². The lowest BCUT2D eigenvalue weighted by Crippen LogP contribution is -2.33. The van der Waals surface area contributed by atoms with Crippen LogP contribution in [0, 0.1) is 0 Å². The number of benzene rings is 1. The number of aromatic nitrogens is 1. The SMILES string of the molecule is Oc1ccc(/C=N/CC2(c3ccccn3)CCCCC2)cc1.